The number of carbonyl (C=O) groups excluding carboxylic acids is 5. The number of aliphatic hydroxyl groups excluding tert-OH is 1. The van der Waals surface area contributed by atoms with Gasteiger partial charge in [0.1, 0.15) is 17.5 Å². The number of hydrogen-bond donors (Lipinski definition) is 3. The first-order chi connectivity index (χ1) is 19.4. The number of phenols is 1. The lowest BCUT2D eigenvalue weighted by molar-refractivity contribution is -0.230. The fourth-order valence-electron chi connectivity index (χ4n) is 8.37. The Balaban J connectivity index is 1.90. The number of aromatic hydroxyl groups is 1. The van der Waals surface area contributed by atoms with Gasteiger partial charge in [-0.05, 0) is 49.5 Å². The maximum absolute atomic E-state index is 14.6. The summed E-state index contributed by atoms with van der Waals surface area (Å²) in [6.07, 6.45) is -0.0283. The van der Waals surface area contributed by atoms with Gasteiger partial charge in [-0.2, -0.15) is 0 Å². The molecule has 0 bridgehead atoms. The van der Waals surface area contributed by atoms with E-state index in [2.05, 4.69) is 0 Å². The van der Waals surface area contributed by atoms with E-state index in [1.54, 1.807) is 32.1 Å². The third-order valence-corrected chi connectivity index (χ3v) is 10.0. The summed E-state index contributed by atoms with van der Waals surface area (Å²) in [6.45, 7) is 11.1. The topological polar surface area (TPSA) is 146 Å². The van der Waals surface area contributed by atoms with Crippen LogP contribution in [0.4, 0.5) is 0 Å². The van der Waals surface area contributed by atoms with E-state index >= 15 is 0 Å². The van der Waals surface area contributed by atoms with Crippen molar-refractivity contribution in [2.75, 3.05) is 0 Å². The van der Waals surface area contributed by atoms with Crippen LogP contribution in [0.1, 0.15) is 67.2 Å². The quantitative estimate of drug-likeness (QED) is 0.472. The molecule has 0 spiro atoms. The van der Waals surface area contributed by atoms with E-state index in [0.717, 1.165) is 18.1 Å². The number of Topliss-reactive ketones (excluding diaryl/α,β-unsaturated/α-hetero) is 5. The van der Waals surface area contributed by atoms with E-state index in [-0.39, 0.29) is 11.3 Å². The van der Waals surface area contributed by atoms with Crippen molar-refractivity contribution < 1.29 is 39.3 Å². The van der Waals surface area contributed by atoms with Crippen molar-refractivity contribution in [2.45, 2.75) is 60.2 Å². The number of rotatable bonds is 3. The first-order valence-electron chi connectivity index (χ1n) is 14.2. The molecule has 0 heterocycles. The van der Waals surface area contributed by atoms with Crippen molar-refractivity contribution in [3.05, 3.63) is 64.2 Å². The third-order valence-electron chi connectivity index (χ3n) is 10.0. The molecule has 0 amide bonds. The molecule has 2 aromatic carbocycles. The van der Waals surface area contributed by atoms with Crippen LogP contribution in [0.5, 0.6) is 5.75 Å². The van der Waals surface area contributed by atoms with Gasteiger partial charge < -0.3 is 15.3 Å². The van der Waals surface area contributed by atoms with E-state index in [1.165, 1.54) is 19.9 Å². The van der Waals surface area contributed by atoms with Crippen LogP contribution in [0.3, 0.4) is 0 Å². The number of ketones is 5. The van der Waals surface area contributed by atoms with Crippen LogP contribution < -0.4 is 0 Å². The van der Waals surface area contributed by atoms with Crippen LogP contribution >= 0.6 is 0 Å². The molecule has 3 unspecified atom stereocenters. The molecule has 7 atom stereocenters. The van der Waals surface area contributed by atoms with Crippen molar-refractivity contribution >= 4 is 40.6 Å². The first kappa shape index (κ1) is 29.7. The number of aliphatic hydroxyl groups is 2. The monoisotopic (exact) mass is 572 g/mol. The largest absolute Gasteiger partial charge is 0.507 e. The minimum atomic E-state index is -3.02. The Hall–Kier alpha value is -3.75. The lowest BCUT2D eigenvalue weighted by Crippen LogP contribution is -2.81. The fraction of sp³-hybridized carbons (Fsp3) is 0.441. The van der Waals surface area contributed by atoms with Gasteiger partial charge in [-0.3, -0.25) is 24.0 Å². The second kappa shape index (κ2) is 9.38. The molecule has 2 saturated carbocycles. The molecule has 2 aromatic rings. The predicted molar refractivity (Wildman–Crippen MR) is 154 cm³/mol. The number of phenolic OH excluding ortho intramolecular Hbond substituents is 1. The zero-order valence-electron chi connectivity index (χ0n) is 24.8. The Morgan fingerprint density at radius 3 is 2.12 bits per heavy atom. The van der Waals surface area contributed by atoms with Crippen LogP contribution in [0.15, 0.2) is 36.4 Å². The molecule has 220 valence electrons. The van der Waals surface area contributed by atoms with Gasteiger partial charge >= 0.3 is 0 Å². The summed E-state index contributed by atoms with van der Waals surface area (Å²) in [4.78, 5) is 69.1. The van der Waals surface area contributed by atoms with Crippen LogP contribution in [0.2, 0.25) is 0 Å². The summed E-state index contributed by atoms with van der Waals surface area (Å²) in [6, 6.07) is 10.3. The minimum absolute atomic E-state index is 0.161. The Labute approximate surface area is 244 Å². The normalized spacial score (nSPS) is 35.2. The fourth-order valence-corrected chi connectivity index (χ4v) is 8.37. The smallest absolute Gasteiger partial charge is 0.191 e. The van der Waals surface area contributed by atoms with E-state index < -0.39 is 75.1 Å². The van der Waals surface area contributed by atoms with E-state index in [9.17, 15) is 39.3 Å². The van der Waals surface area contributed by atoms with Gasteiger partial charge in [-0.25, -0.2) is 0 Å². The molecule has 0 radical (unpaired) electrons. The van der Waals surface area contributed by atoms with Crippen molar-refractivity contribution in [1.82, 2.24) is 0 Å². The van der Waals surface area contributed by atoms with Gasteiger partial charge in [-0.1, -0.05) is 75.2 Å². The summed E-state index contributed by atoms with van der Waals surface area (Å²) in [7, 11) is 0. The summed E-state index contributed by atoms with van der Waals surface area (Å²) in [5.74, 6) is -10.9. The SMILES string of the molecule is CC(=O)C1C(=O)C(C(C)C)[C@@]2(C)[C@H](O)[C@@]3(C)/C(=C/c4cc(C)cc(C)c4)c4cccc(O)c4C(=O)C3C(=O)[C@@]2(O)C1=O. The highest BCUT2D eigenvalue weighted by Gasteiger charge is 2.80. The molecule has 0 aromatic heterocycles. The lowest BCUT2D eigenvalue weighted by Gasteiger charge is -2.64. The van der Waals surface area contributed by atoms with Gasteiger partial charge in [0, 0.05) is 16.7 Å². The number of carbonyl (C=O) groups is 5. The van der Waals surface area contributed by atoms with Gasteiger partial charge in [0.2, 0.25) is 0 Å². The van der Waals surface area contributed by atoms with Gasteiger partial charge in [0.15, 0.2) is 28.7 Å². The van der Waals surface area contributed by atoms with Crippen LogP contribution in [-0.4, -0.2) is 55.9 Å². The Kier molecular flexibility index (Phi) is 6.64. The van der Waals surface area contributed by atoms with Gasteiger partial charge in [0.25, 0.3) is 0 Å². The average Bonchev–Trinajstić information content (AvgIpc) is 2.87. The highest BCUT2D eigenvalue weighted by molar-refractivity contribution is 6.34. The first-order valence-corrected chi connectivity index (χ1v) is 14.2. The average molecular weight is 573 g/mol. The van der Waals surface area contributed by atoms with E-state index in [1.807, 2.05) is 32.0 Å². The minimum Gasteiger partial charge on any atom is -0.507 e. The molecular weight excluding hydrogens is 536 g/mol. The molecule has 8 heteroatoms. The molecule has 0 saturated heterocycles. The van der Waals surface area contributed by atoms with Crippen LogP contribution in [0.25, 0.3) is 11.6 Å². The predicted octanol–water partition coefficient (Wildman–Crippen LogP) is 3.68. The number of hydrogen-bond acceptors (Lipinski definition) is 8. The lowest BCUT2D eigenvalue weighted by atomic mass is 9.38. The van der Waals surface area contributed by atoms with Gasteiger partial charge in [-0.15, -0.1) is 0 Å². The second-order valence-corrected chi connectivity index (χ2v) is 13.1. The number of aryl methyl sites for hydroxylation is 2. The maximum atomic E-state index is 14.6. The van der Waals surface area contributed by atoms with E-state index in [4.69, 9.17) is 0 Å². The number of benzene rings is 2. The highest BCUT2D eigenvalue weighted by Crippen LogP contribution is 2.66. The standard InChI is InChI=1S/C34H36O8/c1-15(2)25-27(37)23(18(5)35)29(39)34(42)30(40)26-28(38)24-20(9-8-10-22(24)36)21(32(26,6)31(41)33(25,34)7)14-19-12-16(3)11-17(4)13-19/h8-15,23,25-26,31,36,41-42H,1-7H3/b21-14+/t23?,25?,26?,31-,32+,33+,34+/m1/s1. The number of fused-ring (bicyclic) bond motifs is 3. The summed E-state index contributed by atoms with van der Waals surface area (Å²) < 4.78 is 0. The van der Waals surface area contributed by atoms with Gasteiger partial charge in [0.05, 0.1) is 17.6 Å². The van der Waals surface area contributed by atoms with Crippen molar-refractivity contribution in [1.29, 1.82) is 0 Å². The summed E-state index contributed by atoms with van der Waals surface area (Å²) in [5.41, 5.74) is -3.73. The Morgan fingerprint density at radius 1 is 0.976 bits per heavy atom. The zero-order chi connectivity index (χ0) is 31.3. The summed E-state index contributed by atoms with van der Waals surface area (Å²) in [5, 5.41) is 35.6. The molecule has 0 aliphatic heterocycles. The second-order valence-electron chi connectivity index (χ2n) is 13.1. The molecule has 5 rings (SSSR count). The molecule has 3 N–H and O–H groups in total. The van der Waals surface area contributed by atoms with Crippen molar-refractivity contribution in [3.8, 4) is 5.75 Å². The molecular formula is C34H36O8. The van der Waals surface area contributed by atoms with Crippen molar-refractivity contribution in [2.24, 2.45) is 34.5 Å². The Bertz CT molecular complexity index is 1610. The zero-order valence-corrected chi connectivity index (χ0v) is 24.8. The van der Waals surface area contributed by atoms with Crippen LogP contribution in [-0.2, 0) is 19.2 Å². The van der Waals surface area contributed by atoms with Crippen molar-refractivity contribution in [3.63, 3.8) is 0 Å². The Morgan fingerprint density at radius 2 is 1.57 bits per heavy atom. The van der Waals surface area contributed by atoms with E-state index in [0.29, 0.717) is 16.7 Å². The maximum Gasteiger partial charge on any atom is 0.191 e. The molecule has 42 heavy (non-hydrogen) atoms. The third kappa shape index (κ3) is 3.51. The highest BCUT2D eigenvalue weighted by atomic mass is 16.3. The van der Waals surface area contributed by atoms with Crippen LogP contribution in [0, 0.1) is 48.3 Å². The molecule has 2 fully saturated rings. The molecule has 3 aliphatic carbocycles. The summed E-state index contributed by atoms with van der Waals surface area (Å²) >= 11 is 0. The molecule has 8 nitrogen and oxygen atoms in total. The molecule has 3 aliphatic rings.